The number of nitrogens with two attached hydrogens (primary N) is 1. The predicted molar refractivity (Wildman–Crippen MR) is 42.8 cm³/mol. The Kier molecular flexibility index (Phi) is 5.58. The summed E-state index contributed by atoms with van der Waals surface area (Å²) in [6.45, 7) is 4.23. The van der Waals surface area contributed by atoms with E-state index in [0.717, 1.165) is 26.1 Å². The Morgan fingerprint density at radius 2 is 2.20 bits per heavy atom. The first kappa shape index (κ1) is 9.88. The summed E-state index contributed by atoms with van der Waals surface area (Å²) in [7, 11) is 1.99. The SMILES string of the molecule is CC(O)CN(C)CCCN. The largest absolute Gasteiger partial charge is 0.392 e. The maximum absolute atomic E-state index is 8.95. The van der Waals surface area contributed by atoms with Crippen molar-refractivity contribution in [3.05, 3.63) is 0 Å². The van der Waals surface area contributed by atoms with Crippen LogP contribution in [0.5, 0.6) is 0 Å². The molecule has 0 radical (unpaired) electrons. The Balaban J connectivity index is 3.16. The monoisotopic (exact) mass is 146 g/mol. The minimum atomic E-state index is -0.234. The highest BCUT2D eigenvalue weighted by Crippen LogP contribution is 1.88. The van der Waals surface area contributed by atoms with Crippen LogP contribution in [0, 0.1) is 0 Å². The molecule has 0 rings (SSSR count). The molecule has 0 aromatic heterocycles. The second-order valence-electron chi connectivity index (χ2n) is 2.75. The van der Waals surface area contributed by atoms with Gasteiger partial charge in [0.25, 0.3) is 0 Å². The average molecular weight is 146 g/mol. The molecule has 0 saturated carbocycles. The average Bonchev–Trinajstić information content (AvgIpc) is 1.82. The van der Waals surface area contributed by atoms with Gasteiger partial charge in [-0.3, -0.25) is 0 Å². The van der Waals surface area contributed by atoms with Gasteiger partial charge in [-0.15, -0.1) is 0 Å². The molecule has 0 heterocycles. The lowest BCUT2D eigenvalue weighted by Crippen LogP contribution is -2.29. The van der Waals surface area contributed by atoms with E-state index in [0.29, 0.717) is 0 Å². The van der Waals surface area contributed by atoms with Crippen molar-refractivity contribution in [1.29, 1.82) is 0 Å². The lowest BCUT2D eigenvalue weighted by Gasteiger charge is -2.17. The van der Waals surface area contributed by atoms with Gasteiger partial charge < -0.3 is 15.7 Å². The molecule has 0 spiro atoms. The molecule has 0 aliphatic heterocycles. The van der Waals surface area contributed by atoms with Crippen LogP contribution < -0.4 is 5.73 Å². The molecule has 0 aliphatic carbocycles. The van der Waals surface area contributed by atoms with E-state index in [1.165, 1.54) is 0 Å². The van der Waals surface area contributed by atoms with E-state index in [2.05, 4.69) is 4.90 Å². The van der Waals surface area contributed by atoms with E-state index >= 15 is 0 Å². The number of hydrogen-bond donors (Lipinski definition) is 2. The third-order valence-corrected chi connectivity index (χ3v) is 1.32. The quantitative estimate of drug-likeness (QED) is 0.557. The van der Waals surface area contributed by atoms with Gasteiger partial charge in [-0.05, 0) is 33.5 Å². The number of aliphatic hydroxyl groups excluding tert-OH is 1. The van der Waals surface area contributed by atoms with Crippen molar-refractivity contribution in [3.8, 4) is 0 Å². The molecule has 0 amide bonds. The van der Waals surface area contributed by atoms with E-state index in [4.69, 9.17) is 10.8 Å². The molecule has 0 bridgehead atoms. The van der Waals surface area contributed by atoms with Gasteiger partial charge in [-0.25, -0.2) is 0 Å². The van der Waals surface area contributed by atoms with Crippen LogP contribution in [0.25, 0.3) is 0 Å². The van der Waals surface area contributed by atoms with Crippen molar-refractivity contribution in [3.63, 3.8) is 0 Å². The van der Waals surface area contributed by atoms with Crippen LogP contribution in [0.1, 0.15) is 13.3 Å². The maximum Gasteiger partial charge on any atom is 0.0638 e. The van der Waals surface area contributed by atoms with Crippen LogP contribution in [-0.2, 0) is 0 Å². The zero-order valence-electron chi connectivity index (χ0n) is 6.88. The summed E-state index contributed by atoms with van der Waals surface area (Å²) in [6, 6.07) is 0. The summed E-state index contributed by atoms with van der Waals surface area (Å²) in [5.41, 5.74) is 5.32. The topological polar surface area (TPSA) is 49.5 Å². The van der Waals surface area contributed by atoms with Crippen molar-refractivity contribution < 1.29 is 5.11 Å². The van der Waals surface area contributed by atoms with Gasteiger partial charge in [-0.1, -0.05) is 0 Å². The van der Waals surface area contributed by atoms with E-state index in [1.807, 2.05) is 7.05 Å². The highest BCUT2D eigenvalue weighted by molar-refractivity contribution is 4.55. The summed E-state index contributed by atoms with van der Waals surface area (Å²) in [6.07, 6.45) is 0.770. The summed E-state index contributed by atoms with van der Waals surface area (Å²) in [4.78, 5) is 2.08. The molecule has 1 unspecified atom stereocenters. The van der Waals surface area contributed by atoms with E-state index in [-0.39, 0.29) is 6.10 Å². The predicted octanol–water partition coefficient (Wildman–Crippen LogP) is -0.352. The molecular weight excluding hydrogens is 128 g/mol. The summed E-state index contributed by atoms with van der Waals surface area (Å²) in [5.74, 6) is 0. The van der Waals surface area contributed by atoms with Crippen molar-refractivity contribution in [2.24, 2.45) is 5.73 Å². The molecule has 3 nitrogen and oxygen atoms in total. The molecule has 1 atom stereocenters. The van der Waals surface area contributed by atoms with Crippen LogP contribution >= 0.6 is 0 Å². The van der Waals surface area contributed by atoms with Crippen molar-refractivity contribution >= 4 is 0 Å². The molecular formula is C7H18N2O. The summed E-state index contributed by atoms with van der Waals surface area (Å²) >= 11 is 0. The van der Waals surface area contributed by atoms with Gasteiger partial charge in [0.15, 0.2) is 0 Å². The van der Waals surface area contributed by atoms with Crippen molar-refractivity contribution in [2.45, 2.75) is 19.4 Å². The molecule has 3 N–H and O–H groups in total. The fraction of sp³-hybridized carbons (Fsp3) is 1.00. The van der Waals surface area contributed by atoms with Gasteiger partial charge in [-0.2, -0.15) is 0 Å². The smallest absolute Gasteiger partial charge is 0.0638 e. The second kappa shape index (κ2) is 5.65. The number of aliphatic hydroxyl groups is 1. The summed E-state index contributed by atoms with van der Waals surface area (Å²) in [5, 5.41) is 8.95. The minimum absolute atomic E-state index is 0.234. The Bertz CT molecular complexity index is 76.0. The number of likely N-dealkylation sites (N-methyl/N-ethyl adjacent to an activating group) is 1. The number of rotatable bonds is 5. The zero-order valence-corrected chi connectivity index (χ0v) is 6.88. The van der Waals surface area contributed by atoms with Crippen molar-refractivity contribution in [1.82, 2.24) is 4.90 Å². The van der Waals surface area contributed by atoms with Crippen molar-refractivity contribution in [2.75, 3.05) is 26.7 Å². The highest BCUT2D eigenvalue weighted by Gasteiger charge is 2.00. The van der Waals surface area contributed by atoms with E-state index in [9.17, 15) is 0 Å². The normalized spacial score (nSPS) is 14.1. The second-order valence-corrected chi connectivity index (χ2v) is 2.75. The third-order valence-electron chi connectivity index (χ3n) is 1.32. The van der Waals surface area contributed by atoms with E-state index in [1.54, 1.807) is 6.92 Å². The van der Waals surface area contributed by atoms with Crippen LogP contribution in [0.15, 0.2) is 0 Å². The Morgan fingerprint density at radius 1 is 1.60 bits per heavy atom. The fourth-order valence-electron chi connectivity index (χ4n) is 0.904. The van der Waals surface area contributed by atoms with Gasteiger partial charge in [0.2, 0.25) is 0 Å². The Hall–Kier alpha value is -0.120. The molecule has 0 fully saturated rings. The van der Waals surface area contributed by atoms with E-state index < -0.39 is 0 Å². The van der Waals surface area contributed by atoms with Gasteiger partial charge in [0, 0.05) is 6.54 Å². The molecule has 0 aromatic rings. The highest BCUT2D eigenvalue weighted by atomic mass is 16.3. The number of nitrogens with zero attached hydrogens (tertiary/aromatic N) is 1. The first-order chi connectivity index (χ1) is 4.66. The summed E-state index contributed by atoms with van der Waals surface area (Å²) < 4.78 is 0. The van der Waals surface area contributed by atoms with Crippen LogP contribution in [0.4, 0.5) is 0 Å². The van der Waals surface area contributed by atoms with Crippen LogP contribution in [-0.4, -0.2) is 42.8 Å². The van der Waals surface area contributed by atoms with Gasteiger partial charge >= 0.3 is 0 Å². The van der Waals surface area contributed by atoms with Gasteiger partial charge in [0.1, 0.15) is 0 Å². The molecule has 0 aromatic carbocycles. The maximum atomic E-state index is 8.95. The Labute approximate surface area is 62.8 Å². The first-order valence-corrected chi connectivity index (χ1v) is 3.73. The third kappa shape index (κ3) is 6.01. The van der Waals surface area contributed by atoms with Crippen LogP contribution in [0.2, 0.25) is 0 Å². The molecule has 3 heteroatoms. The molecule has 62 valence electrons. The number of hydrogen-bond acceptors (Lipinski definition) is 3. The molecule has 10 heavy (non-hydrogen) atoms. The first-order valence-electron chi connectivity index (χ1n) is 3.73. The standard InChI is InChI=1S/C7H18N2O/c1-7(10)6-9(2)5-3-4-8/h7,10H,3-6,8H2,1-2H3. The lowest BCUT2D eigenvalue weighted by atomic mass is 10.3. The zero-order chi connectivity index (χ0) is 7.98. The molecule has 0 saturated heterocycles. The molecule has 0 aliphatic rings. The van der Waals surface area contributed by atoms with Crippen LogP contribution in [0.3, 0.4) is 0 Å². The lowest BCUT2D eigenvalue weighted by molar-refractivity contribution is 0.141. The Morgan fingerprint density at radius 3 is 2.60 bits per heavy atom. The van der Waals surface area contributed by atoms with Gasteiger partial charge in [0.05, 0.1) is 6.10 Å². The minimum Gasteiger partial charge on any atom is -0.392 e. The fourth-order valence-corrected chi connectivity index (χ4v) is 0.904.